The Balaban J connectivity index is 1.37. The molecule has 8 heteroatoms. The highest BCUT2D eigenvalue weighted by molar-refractivity contribution is 5.92. The number of para-hydroxylation sites is 1. The molecular weight excluding hydrogens is 371 g/mol. The molecule has 1 aliphatic heterocycles. The zero-order valence-corrected chi connectivity index (χ0v) is 15.8. The van der Waals surface area contributed by atoms with Crippen LogP contribution in [0.25, 0.3) is 0 Å². The summed E-state index contributed by atoms with van der Waals surface area (Å²) in [5.74, 6) is 0.0122. The van der Waals surface area contributed by atoms with Crippen LogP contribution in [0.4, 0.5) is 16.0 Å². The van der Waals surface area contributed by atoms with Gasteiger partial charge in [-0.3, -0.25) is 9.78 Å². The van der Waals surface area contributed by atoms with Gasteiger partial charge in [-0.1, -0.05) is 12.1 Å². The molecule has 0 saturated carbocycles. The van der Waals surface area contributed by atoms with Crippen LogP contribution >= 0.6 is 0 Å². The van der Waals surface area contributed by atoms with Crippen LogP contribution < -0.4 is 10.2 Å². The van der Waals surface area contributed by atoms with E-state index >= 15 is 0 Å². The summed E-state index contributed by atoms with van der Waals surface area (Å²) in [7, 11) is 0. The van der Waals surface area contributed by atoms with Gasteiger partial charge in [-0.25, -0.2) is 14.4 Å². The van der Waals surface area contributed by atoms with E-state index in [0.29, 0.717) is 50.1 Å². The molecule has 1 aliphatic rings. The topological polar surface area (TPSA) is 74.2 Å². The number of nitrogens with one attached hydrogen (secondary N) is 1. The van der Waals surface area contributed by atoms with Crippen molar-refractivity contribution in [1.82, 2.24) is 19.9 Å². The van der Waals surface area contributed by atoms with Gasteiger partial charge in [0.2, 0.25) is 5.95 Å². The quantitative estimate of drug-likeness (QED) is 0.720. The van der Waals surface area contributed by atoms with Crippen LogP contribution in [-0.4, -0.2) is 51.9 Å². The van der Waals surface area contributed by atoms with Gasteiger partial charge in [0.25, 0.3) is 5.91 Å². The average molecular weight is 392 g/mol. The molecule has 4 rings (SSSR count). The number of nitrogens with zero attached hydrogens (tertiary/aromatic N) is 5. The number of halogens is 1. The summed E-state index contributed by atoms with van der Waals surface area (Å²) < 4.78 is 14.0. The van der Waals surface area contributed by atoms with Crippen LogP contribution in [0.5, 0.6) is 0 Å². The minimum Gasteiger partial charge on any atom is -0.366 e. The zero-order chi connectivity index (χ0) is 20.1. The maximum Gasteiger partial charge on any atom is 0.272 e. The Morgan fingerprint density at radius 3 is 2.52 bits per heavy atom. The van der Waals surface area contributed by atoms with Crippen molar-refractivity contribution < 1.29 is 9.18 Å². The molecule has 29 heavy (non-hydrogen) atoms. The highest BCUT2D eigenvalue weighted by atomic mass is 19.1. The molecule has 0 spiro atoms. The number of hydrogen-bond acceptors (Lipinski definition) is 6. The largest absolute Gasteiger partial charge is 0.366 e. The molecule has 1 saturated heterocycles. The molecule has 0 radical (unpaired) electrons. The molecule has 1 aromatic carbocycles. The minimum absolute atomic E-state index is 0.146. The molecule has 0 bridgehead atoms. The van der Waals surface area contributed by atoms with E-state index in [9.17, 15) is 9.18 Å². The highest BCUT2D eigenvalue weighted by Gasteiger charge is 2.24. The van der Waals surface area contributed by atoms with Crippen LogP contribution in [0.15, 0.2) is 61.1 Å². The number of hydrogen-bond donors (Lipinski definition) is 1. The third-order valence-electron chi connectivity index (χ3n) is 4.83. The third kappa shape index (κ3) is 4.48. The number of anilines is 2. The van der Waals surface area contributed by atoms with E-state index in [1.807, 2.05) is 23.1 Å². The maximum absolute atomic E-state index is 14.0. The second kappa shape index (κ2) is 8.64. The Bertz CT molecular complexity index is 976. The molecule has 3 heterocycles. The van der Waals surface area contributed by atoms with Crippen molar-refractivity contribution in [3.8, 4) is 0 Å². The fourth-order valence-electron chi connectivity index (χ4n) is 3.27. The van der Waals surface area contributed by atoms with Gasteiger partial charge in [0.1, 0.15) is 11.5 Å². The molecule has 7 nitrogen and oxygen atoms in total. The molecule has 1 N–H and O–H groups in total. The van der Waals surface area contributed by atoms with Crippen LogP contribution in [0.2, 0.25) is 0 Å². The predicted octanol–water partition coefficient (Wildman–Crippen LogP) is 2.59. The lowest BCUT2D eigenvalue weighted by atomic mass is 10.2. The Labute approximate surface area is 168 Å². The Kier molecular flexibility index (Phi) is 5.60. The summed E-state index contributed by atoms with van der Waals surface area (Å²) in [6.07, 6.45) is 5.02. The smallest absolute Gasteiger partial charge is 0.272 e. The van der Waals surface area contributed by atoms with Crippen LogP contribution in [-0.2, 0) is 6.54 Å². The fraction of sp³-hybridized carbons (Fsp3) is 0.238. The lowest BCUT2D eigenvalue weighted by Crippen LogP contribution is -2.49. The number of carbonyl (C=O) groups excluding carboxylic acids is 1. The van der Waals surface area contributed by atoms with Gasteiger partial charge in [0.15, 0.2) is 0 Å². The molecule has 0 unspecified atom stereocenters. The number of aromatic nitrogens is 3. The summed E-state index contributed by atoms with van der Waals surface area (Å²) in [6.45, 7) is 2.71. The highest BCUT2D eigenvalue weighted by Crippen LogP contribution is 2.20. The van der Waals surface area contributed by atoms with Gasteiger partial charge in [-0.15, -0.1) is 0 Å². The van der Waals surface area contributed by atoms with Crippen molar-refractivity contribution in [2.45, 2.75) is 6.54 Å². The van der Waals surface area contributed by atoms with Crippen molar-refractivity contribution in [1.29, 1.82) is 0 Å². The third-order valence-corrected chi connectivity index (χ3v) is 4.83. The second-order valence-corrected chi connectivity index (χ2v) is 6.71. The molecule has 3 aromatic rings. The van der Waals surface area contributed by atoms with Crippen molar-refractivity contribution in [3.63, 3.8) is 0 Å². The fourth-order valence-corrected chi connectivity index (χ4v) is 3.27. The van der Waals surface area contributed by atoms with E-state index < -0.39 is 0 Å². The minimum atomic E-state index is -0.243. The zero-order valence-electron chi connectivity index (χ0n) is 15.8. The number of amides is 1. The number of carbonyl (C=O) groups is 1. The molecule has 0 atom stereocenters. The standard InChI is InChI=1S/C21H21FN6O/c22-17-3-1-2-4-19(17)27-11-13-28(14-12-27)20(29)18-7-10-24-21(26-18)25-15-16-5-8-23-9-6-16/h1-10H,11-15H2,(H,24,25,26). The van der Waals surface area contributed by atoms with Gasteiger partial charge >= 0.3 is 0 Å². The average Bonchev–Trinajstić information content (AvgIpc) is 2.79. The summed E-state index contributed by atoms with van der Waals surface area (Å²) in [5, 5.41) is 3.12. The first-order valence-corrected chi connectivity index (χ1v) is 9.45. The molecular formula is C21H21FN6O. The number of piperazine rings is 1. The second-order valence-electron chi connectivity index (χ2n) is 6.71. The van der Waals surface area contributed by atoms with E-state index in [1.54, 1.807) is 41.7 Å². The normalized spacial score (nSPS) is 14.0. The monoisotopic (exact) mass is 392 g/mol. The lowest BCUT2D eigenvalue weighted by Gasteiger charge is -2.36. The summed E-state index contributed by atoms with van der Waals surface area (Å²) in [6, 6.07) is 12.1. The van der Waals surface area contributed by atoms with E-state index in [0.717, 1.165) is 5.56 Å². The number of benzene rings is 1. The van der Waals surface area contributed by atoms with Crippen molar-refractivity contribution in [3.05, 3.63) is 78.1 Å². The van der Waals surface area contributed by atoms with Gasteiger partial charge in [0, 0.05) is 51.3 Å². The Morgan fingerprint density at radius 2 is 1.76 bits per heavy atom. The van der Waals surface area contributed by atoms with E-state index in [4.69, 9.17) is 0 Å². The van der Waals surface area contributed by atoms with Crippen molar-refractivity contribution >= 4 is 17.5 Å². The van der Waals surface area contributed by atoms with Crippen LogP contribution in [0.3, 0.4) is 0 Å². The van der Waals surface area contributed by atoms with Gasteiger partial charge in [-0.05, 0) is 35.9 Å². The van der Waals surface area contributed by atoms with E-state index in [1.165, 1.54) is 6.07 Å². The van der Waals surface area contributed by atoms with Gasteiger partial charge in [0.05, 0.1) is 5.69 Å². The first-order chi connectivity index (χ1) is 14.2. The maximum atomic E-state index is 14.0. The summed E-state index contributed by atoms with van der Waals surface area (Å²) in [5.41, 5.74) is 1.96. The molecule has 0 aliphatic carbocycles. The van der Waals surface area contributed by atoms with Gasteiger partial charge < -0.3 is 15.1 Å². The lowest BCUT2D eigenvalue weighted by molar-refractivity contribution is 0.0740. The summed E-state index contributed by atoms with van der Waals surface area (Å²) in [4.78, 5) is 29.1. The first kappa shape index (κ1) is 18.8. The molecule has 148 valence electrons. The first-order valence-electron chi connectivity index (χ1n) is 9.45. The number of pyridine rings is 1. The van der Waals surface area contributed by atoms with Gasteiger partial charge in [-0.2, -0.15) is 0 Å². The van der Waals surface area contributed by atoms with Crippen molar-refractivity contribution in [2.75, 3.05) is 36.4 Å². The number of rotatable bonds is 5. The summed E-state index contributed by atoms with van der Waals surface area (Å²) >= 11 is 0. The van der Waals surface area contributed by atoms with Crippen molar-refractivity contribution in [2.24, 2.45) is 0 Å². The molecule has 1 fully saturated rings. The van der Waals surface area contributed by atoms with E-state index in [2.05, 4.69) is 20.3 Å². The van der Waals surface area contributed by atoms with E-state index in [-0.39, 0.29) is 11.7 Å². The Hall–Kier alpha value is -3.55. The van der Waals surface area contributed by atoms with Crippen LogP contribution in [0.1, 0.15) is 16.1 Å². The SMILES string of the molecule is O=C(c1ccnc(NCc2ccncc2)n1)N1CCN(c2ccccc2F)CC1. The molecule has 1 amide bonds. The predicted molar refractivity (Wildman–Crippen MR) is 108 cm³/mol. The Morgan fingerprint density at radius 1 is 1.00 bits per heavy atom. The van der Waals surface area contributed by atoms with Crippen LogP contribution in [0, 0.1) is 5.82 Å². The molecule has 2 aromatic heterocycles.